The molecule has 4 heteroatoms. The highest BCUT2D eigenvalue weighted by Crippen LogP contribution is 2.18. The summed E-state index contributed by atoms with van der Waals surface area (Å²) in [5.41, 5.74) is 6.77. The highest BCUT2D eigenvalue weighted by Gasteiger charge is 2.25. The largest absolute Gasteiger partial charge is 0.330 e. The van der Waals surface area contributed by atoms with Crippen LogP contribution in [0.3, 0.4) is 0 Å². The molecule has 0 unspecified atom stereocenters. The van der Waals surface area contributed by atoms with E-state index in [0.717, 1.165) is 32.5 Å². The van der Waals surface area contributed by atoms with Crippen molar-refractivity contribution in [1.29, 1.82) is 0 Å². The highest BCUT2D eigenvalue weighted by atomic mass is 15.4. The monoisotopic (exact) mass is 194 g/mol. The molecule has 2 heterocycles. The predicted molar refractivity (Wildman–Crippen MR) is 56.1 cm³/mol. The Kier molecular flexibility index (Phi) is 2.84. The Morgan fingerprint density at radius 2 is 2.36 bits per heavy atom. The minimum absolute atomic E-state index is 0.589. The molecular formula is C10H18N4. The van der Waals surface area contributed by atoms with Gasteiger partial charge in [0.25, 0.3) is 0 Å². The highest BCUT2D eigenvalue weighted by molar-refractivity contribution is 5.05. The standard InChI is InChI=1S/C10H18N4/c1-13-7-10(8-13)14-6-9(5-12-14)3-2-4-11/h5-6,10H,2-4,7-8,11H2,1H3. The Balaban J connectivity index is 1.90. The fourth-order valence-corrected chi connectivity index (χ4v) is 1.85. The average molecular weight is 194 g/mol. The molecule has 0 amide bonds. The van der Waals surface area contributed by atoms with Gasteiger partial charge in [0.05, 0.1) is 12.2 Å². The van der Waals surface area contributed by atoms with Crippen molar-refractivity contribution in [2.75, 3.05) is 26.7 Å². The third-order valence-electron chi connectivity index (χ3n) is 2.74. The minimum Gasteiger partial charge on any atom is -0.330 e. The van der Waals surface area contributed by atoms with Crippen LogP contribution in [0.25, 0.3) is 0 Å². The van der Waals surface area contributed by atoms with Crippen LogP contribution in [-0.2, 0) is 6.42 Å². The van der Waals surface area contributed by atoms with Crippen molar-refractivity contribution >= 4 is 0 Å². The molecular weight excluding hydrogens is 176 g/mol. The predicted octanol–water partition coefficient (Wildman–Crippen LogP) is 0.261. The summed E-state index contributed by atoms with van der Waals surface area (Å²) < 4.78 is 2.09. The number of likely N-dealkylation sites (N-methyl/N-ethyl adjacent to an activating group) is 1. The number of nitrogens with zero attached hydrogens (tertiary/aromatic N) is 3. The van der Waals surface area contributed by atoms with Crippen LogP contribution in [0.4, 0.5) is 0 Å². The first kappa shape index (κ1) is 9.68. The van der Waals surface area contributed by atoms with E-state index >= 15 is 0 Å². The van der Waals surface area contributed by atoms with E-state index in [1.165, 1.54) is 5.56 Å². The molecule has 0 aromatic carbocycles. The molecule has 0 spiro atoms. The molecule has 1 aromatic heterocycles. The lowest BCUT2D eigenvalue weighted by Crippen LogP contribution is -2.45. The van der Waals surface area contributed by atoms with Gasteiger partial charge in [0.1, 0.15) is 0 Å². The molecule has 1 fully saturated rings. The minimum atomic E-state index is 0.589. The van der Waals surface area contributed by atoms with Crippen molar-refractivity contribution in [2.24, 2.45) is 5.73 Å². The van der Waals surface area contributed by atoms with Gasteiger partial charge in [-0.15, -0.1) is 0 Å². The summed E-state index contributed by atoms with van der Waals surface area (Å²) >= 11 is 0. The van der Waals surface area contributed by atoms with E-state index in [4.69, 9.17) is 5.73 Å². The molecule has 0 bridgehead atoms. The second kappa shape index (κ2) is 4.11. The van der Waals surface area contributed by atoms with Gasteiger partial charge in [-0.3, -0.25) is 4.68 Å². The number of hydrogen-bond donors (Lipinski definition) is 1. The molecule has 4 nitrogen and oxygen atoms in total. The van der Waals surface area contributed by atoms with Crippen LogP contribution in [0.1, 0.15) is 18.0 Å². The van der Waals surface area contributed by atoms with E-state index in [1.54, 1.807) is 0 Å². The summed E-state index contributed by atoms with van der Waals surface area (Å²) in [6.07, 6.45) is 6.23. The van der Waals surface area contributed by atoms with Crippen LogP contribution in [0, 0.1) is 0 Å². The summed E-state index contributed by atoms with van der Waals surface area (Å²) in [7, 11) is 2.13. The van der Waals surface area contributed by atoms with Crippen molar-refractivity contribution in [3.05, 3.63) is 18.0 Å². The molecule has 2 rings (SSSR count). The van der Waals surface area contributed by atoms with Gasteiger partial charge >= 0.3 is 0 Å². The van der Waals surface area contributed by atoms with Gasteiger partial charge in [-0.2, -0.15) is 5.10 Å². The first-order chi connectivity index (χ1) is 6.79. The quantitative estimate of drug-likeness (QED) is 0.748. The summed E-state index contributed by atoms with van der Waals surface area (Å²) in [5, 5.41) is 4.37. The molecule has 0 radical (unpaired) electrons. The van der Waals surface area contributed by atoms with Gasteiger partial charge < -0.3 is 10.6 Å². The van der Waals surface area contributed by atoms with E-state index in [-0.39, 0.29) is 0 Å². The van der Waals surface area contributed by atoms with Crippen molar-refractivity contribution in [3.8, 4) is 0 Å². The number of rotatable bonds is 4. The lowest BCUT2D eigenvalue weighted by molar-refractivity contribution is 0.130. The molecule has 1 aliphatic heterocycles. The van der Waals surface area contributed by atoms with Crippen LogP contribution >= 0.6 is 0 Å². The lowest BCUT2D eigenvalue weighted by atomic mass is 10.1. The van der Waals surface area contributed by atoms with Gasteiger partial charge in [-0.05, 0) is 32.0 Å². The topological polar surface area (TPSA) is 47.1 Å². The summed E-state index contributed by atoms with van der Waals surface area (Å²) in [6, 6.07) is 0.589. The maximum absolute atomic E-state index is 5.46. The molecule has 1 aromatic rings. The lowest BCUT2D eigenvalue weighted by Gasteiger charge is -2.36. The Labute approximate surface area is 84.7 Å². The fraction of sp³-hybridized carbons (Fsp3) is 0.700. The van der Waals surface area contributed by atoms with Crippen LogP contribution in [-0.4, -0.2) is 41.4 Å². The third kappa shape index (κ3) is 1.96. The zero-order valence-electron chi connectivity index (χ0n) is 8.69. The van der Waals surface area contributed by atoms with Gasteiger partial charge in [0.2, 0.25) is 0 Å². The van der Waals surface area contributed by atoms with Crippen molar-refractivity contribution < 1.29 is 0 Å². The SMILES string of the molecule is CN1CC(n2cc(CCCN)cn2)C1. The number of hydrogen-bond acceptors (Lipinski definition) is 3. The van der Waals surface area contributed by atoms with Crippen LogP contribution in [0.2, 0.25) is 0 Å². The van der Waals surface area contributed by atoms with Gasteiger partial charge in [0, 0.05) is 19.3 Å². The third-order valence-corrected chi connectivity index (χ3v) is 2.74. The smallest absolute Gasteiger partial charge is 0.0772 e. The molecule has 1 aliphatic rings. The first-order valence-electron chi connectivity index (χ1n) is 5.21. The van der Waals surface area contributed by atoms with Gasteiger partial charge in [0.15, 0.2) is 0 Å². The normalized spacial score (nSPS) is 18.4. The van der Waals surface area contributed by atoms with Crippen molar-refractivity contribution in [3.63, 3.8) is 0 Å². The molecule has 1 saturated heterocycles. The Bertz CT molecular complexity index is 288. The van der Waals surface area contributed by atoms with E-state index in [9.17, 15) is 0 Å². The van der Waals surface area contributed by atoms with Gasteiger partial charge in [-0.25, -0.2) is 0 Å². The Morgan fingerprint density at radius 3 is 3.00 bits per heavy atom. The van der Waals surface area contributed by atoms with E-state index < -0.39 is 0 Å². The van der Waals surface area contributed by atoms with Crippen LogP contribution in [0.5, 0.6) is 0 Å². The maximum Gasteiger partial charge on any atom is 0.0772 e. The average Bonchev–Trinajstić information content (AvgIpc) is 2.58. The number of aromatic nitrogens is 2. The van der Waals surface area contributed by atoms with Gasteiger partial charge in [-0.1, -0.05) is 0 Å². The zero-order valence-corrected chi connectivity index (χ0v) is 8.69. The van der Waals surface area contributed by atoms with Crippen LogP contribution < -0.4 is 5.73 Å². The Hall–Kier alpha value is -0.870. The summed E-state index contributed by atoms with van der Waals surface area (Å²) in [6.45, 7) is 3.01. The second-order valence-corrected chi connectivity index (χ2v) is 4.10. The first-order valence-corrected chi connectivity index (χ1v) is 5.21. The van der Waals surface area contributed by atoms with E-state index in [1.807, 2.05) is 6.20 Å². The fourth-order valence-electron chi connectivity index (χ4n) is 1.85. The van der Waals surface area contributed by atoms with Crippen LogP contribution in [0.15, 0.2) is 12.4 Å². The van der Waals surface area contributed by atoms with Crippen molar-refractivity contribution in [1.82, 2.24) is 14.7 Å². The Morgan fingerprint density at radius 1 is 1.57 bits per heavy atom. The van der Waals surface area contributed by atoms with E-state index in [2.05, 4.69) is 27.9 Å². The second-order valence-electron chi connectivity index (χ2n) is 4.10. The zero-order chi connectivity index (χ0) is 9.97. The number of aryl methyl sites for hydroxylation is 1. The summed E-state index contributed by atoms with van der Waals surface area (Å²) in [4.78, 5) is 2.30. The molecule has 14 heavy (non-hydrogen) atoms. The molecule has 0 atom stereocenters. The molecule has 0 aliphatic carbocycles. The molecule has 78 valence electrons. The number of likely N-dealkylation sites (tertiary alicyclic amines) is 1. The maximum atomic E-state index is 5.46. The van der Waals surface area contributed by atoms with Crippen molar-refractivity contribution in [2.45, 2.75) is 18.9 Å². The van der Waals surface area contributed by atoms with E-state index in [0.29, 0.717) is 6.04 Å². The molecule has 0 saturated carbocycles. The number of nitrogens with two attached hydrogens (primary N) is 1. The summed E-state index contributed by atoms with van der Waals surface area (Å²) in [5.74, 6) is 0. The molecule has 2 N–H and O–H groups in total.